The van der Waals surface area contributed by atoms with Gasteiger partial charge in [-0.05, 0) is 46.6 Å². The van der Waals surface area contributed by atoms with Gasteiger partial charge in [-0.25, -0.2) is 0 Å². The van der Waals surface area contributed by atoms with E-state index in [9.17, 15) is 14.4 Å². The first-order chi connectivity index (χ1) is 16.3. The highest BCUT2D eigenvalue weighted by Crippen LogP contribution is 2.39. The number of thiocarbonyl (C=S) groups is 1. The van der Waals surface area contributed by atoms with Crippen molar-refractivity contribution < 1.29 is 33.3 Å². The summed E-state index contributed by atoms with van der Waals surface area (Å²) in [5, 5.41) is 0. The zero-order chi connectivity index (χ0) is 24.7. The fourth-order valence-corrected chi connectivity index (χ4v) is 5.14. The maximum Gasteiger partial charge on any atom is 0.307 e. The van der Waals surface area contributed by atoms with Crippen molar-refractivity contribution in [3.63, 3.8) is 0 Å². The summed E-state index contributed by atoms with van der Waals surface area (Å²) in [6.07, 6.45) is 1.76. The normalized spacial score (nSPS) is 17.3. The highest BCUT2D eigenvalue weighted by molar-refractivity contribution is 9.10. The van der Waals surface area contributed by atoms with Crippen LogP contribution in [0.1, 0.15) is 18.9 Å². The molecule has 0 bridgehead atoms. The molecule has 0 N–H and O–H groups in total. The lowest BCUT2D eigenvalue weighted by molar-refractivity contribution is -0.141. The molecule has 0 aliphatic carbocycles. The Bertz CT molecular complexity index is 996. The summed E-state index contributed by atoms with van der Waals surface area (Å²) < 4.78 is 22.4. The molecule has 2 heterocycles. The minimum atomic E-state index is -0.411. The van der Waals surface area contributed by atoms with E-state index >= 15 is 0 Å². The number of carbonyl (C=O) groups excluding carboxylic acids is 3. The second-order valence-electron chi connectivity index (χ2n) is 7.20. The summed E-state index contributed by atoms with van der Waals surface area (Å²) in [5.74, 6) is 0.0399. The van der Waals surface area contributed by atoms with Gasteiger partial charge in [0, 0.05) is 19.6 Å². The number of morpholine rings is 1. The summed E-state index contributed by atoms with van der Waals surface area (Å²) >= 11 is 9.96. The van der Waals surface area contributed by atoms with Gasteiger partial charge in [0.1, 0.15) is 4.32 Å². The smallest absolute Gasteiger partial charge is 0.307 e. The molecule has 184 valence electrons. The minimum absolute atomic E-state index is 0.0610. The van der Waals surface area contributed by atoms with Crippen LogP contribution < -0.4 is 9.47 Å². The Morgan fingerprint density at radius 1 is 1.26 bits per heavy atom. The zero-order valence-corrected chi connectivity index (χ0v) is 22.1. The van der Waals surface area contributed by atoms with E-state index in [4.69, 9.17) is 26.4 Å². The van der Waals surface area contributed by atoms with Crippen LogP contribution in [0.5, 0.6) is 11.5 Å². The Labute approximate surface area is 215 Å². The molecule has 2 aliphatic rings. The van der Waals surface area contributed by atoms with Crippen molar-refractivity contribution in [2.45, 2.75) is 13.3 Å². The van der Waals surface area contributed by atoms with E-state index in [0.717, 1.165) is 11.8 Å². The molecule has 1 aromatic carbocycles. The first kappa shape index (κ1) is 26.5. The second kappa shape index (κ2) is 12.5. The number of esters is 1. The van der Waals surface area contributed by atoms with E-state index in [1.165, 1.54) is 12.0 Å². The monoisotopic (exact) mass is 572 g/mol. The van der Waals surface area contributed by atoms with Crippen LogP contribution in [0.2, 0.25) is 0 Å². The van der Waals surface area contributed by atoms with Crippen molar-refractivity contribution in [3.8, 4) is 11.5 Å². The molecule has 2 amide bonds. The largest absolute Gasteiger partial charge is 0.490 e. The van der Waals surface area contributed by atoms with E-state index in [1.807, 2.05) is 6.92 Å². The standard InChI is InChI=1S/C22H25BrN2O7S2/c1-3-31-16-11-14(12-17-21(28)25(22(33)34-17)5-4-19(27)29-2)10-15(23)20(16)32-13-18(26)24-6-8-30-9-7-24/h10-12H,3-9,13H2,1-2H3/b17-12+. The molecule has 9 nitrogen and oxygen atoms in total. The fourth-order valence-electron chi connectivity index (χ4n) is 3.26. The van der Waals surface area contributed by atoms with Crippen LogP contribution in [0.25, 0.3) is 6.08 Å². The van der Waals surface area contributed by atoms with Crippen LogP contribution in [0, 0.1) is 0 Å². The van der Waals surface area contributed by atoms with Crippen molar-refractivity contribution >= 4 is 68.1 Å². The Morgan fingerprint density at radius 2 is 2.00 bits per heavy atom. The summed E-state index contributed by atoms with van der Waals surface area (Å²) in [4.78, 5) is 40.2. The molecule has 3 rings (SSSR count). The predicted octanol–water partition coefficient (Wildman–Crippen LogP) is 2.85. The number of halogens is 1. The average Bonchev–Trinajstić information content (AvgIpc) is 3.09. The number of methoxy groups -OCH3 is 1. The van der Waals surface area contributed by atoms with Gasteiger partial charge in [-0.15, -0.1) is 0 Å². The quantitative estimate of drug-likeness (QED) is 0.251. The fraction of sp³-hybridized carbons (Fsp3) is 0.455. The van der Waals surface area contributed by atoms with Gasteiger partial charge < -0.3 is 23.8 Å². The number of hydrogen-bond donors (Lipinski definition) is 0. The number of ether oxygens (including phenoxy) is 4. The van der Waals surface area contributed by atoms with Crippen molar-refractivity contribution in [1.82, 2.24) is 9.80 Å². The SMILES string of the molecule is CCOc1cc(/C=C2/SC(=S)N(CCC(=O)OC)C2=O)cc(Br)c1OCC(=O)N1CCOCC1. The first-order valence-corrected chi connectivity index (χ1v) is 12.6. The van der Waals surface area contributed by atoms with Gasteiger partial charge in [0.2, 0.25) is 0 Å². The minimum Gasteiger partial charge on any atom is -0.490 e. The number of nitrogens with zero attached hydrogens (tertiary/aromatic N) is 2. The Balaban J connectivity index is 1.74. The van der Waals surface area contributed by atoms with E-state index in [1.54, 1.807) is 23.1 Å². The number of rotatable bonds is 9. The van der Waals surface area contributed by atoms with Gasteiger partial charge in [0.15, 0.2) is 18.1 Å². The molecule has 0 saturated carbocycles. The van der Waals surface area contributed by atoms with E-state index < -0.39 is 5.97 Å². The molecule has 0 unspecified atom stereocenters. The van der Waals surface area contributed by atoms with Gasteiger partial charge in [-0.2, -0.15) is 0 Å². The van der Waals surface area contributed by atoms with E-state index in [2.05, 4.69) is 20.7 Å². The third-order valence-electron chi connectivity index (χ3n) is 4.97. The lowest BCUT2D eigenvalue weighted by atomic mass is 10.1. The molecule has 12 heteroatoms. The summed E-state index contributed by atoms with van der Waals surface area (Å²) in [6, 6.07) is 3.52. The van der Waals surface area contributed by atoms with Crippen LogP contribution >= 0.6 is 39.9 Å². The highest BCUT2D eigenvalue weighted by Gasteiger charge is 2.32. The lowest BCUT2D eigenvalue weighted by Gasteiger charge is -2.27. The molecular weight excluding hydrogens is 548 g/mol. The van der Waals surface area contributed by atoms with Gasteiger partial charge in [0.25, 0.3) is 11.8 Å². The molecule has 2 fully saturated rings. The molecule has 0 radical (unpaired) electrons. The van der Waals surface area contributed by atoms with Gasteiger partial charge >= 0.3 is 5.97 Å². The van der Waals surface area contributed by atoms with Gasteiger partial charge in [-0.1, -0.05) is 24.0 Å². The van der Waals surface area contributed by atoms with Crippen LogP contribution in [0.3, 0.4) is 0 Å². The molecule has 0 atom stereocenters. The number of thioether (sulfide) groups is 1. The van der Waals surface area contributed by atoms with E-state index in [-0.39, 0.29) is 31.4 Å². The third-order valence-corrected chi connectivity index (χ3v) is 6.94. The average molecular weight is 573 g/mol. The number of carbonyl (C=O) groups is 3. The second-order valence-corrected chi connectivity index (χ2v) is 9.73. The first-order valence-electron chi connectivity index (χ1n) is 10.6. The maximum atomic E-state index is 12.8. The van der Waals surface area contributed by atoms with Crippen LogP contribution in [-0.2, 0) is 23.9 Å². The number of hydrogen-bond acceptors (Lipinski definition) is 9. The zero-order valence-electron chi connectivity index (χ0n) is 18.8. The van der Waals surface area contributed by atoms with Crippen molar-refractivity contribution in [1.29, 1.82) is 0 Å². The Hall–Kier alpha value is -2.15. The summed E-state index contributed by atoms with van der Waals surface area (Å²) in [5.41, 5.74) is 0.690. The maximum absolute atomic E-state index is 12.8. The topological polar surface area (TPSA) is 94.6 Å². The van der Waals surface area contributed by atoms with Gasteiger partial charge in [0.05, 0.1) is 42.7 Å². The third kappa shape index (κ3) is 6.71. The molecule has 0 spiro atoms. The lowest BCUT2D eigenvalue weighted by Crippen LogP contribution is -2.43. The number of benzene rings is 1. The number of amides is 2. The van der Waals surface area contributed by atoms with Crippen molar-refractivity contribution in [2.24, 2.45) is 0 Å². The molecule has 1 aromatic rings. The van der Waals surface area contributed by atoms with Crippen molar-refractivity contribution in [2.75, 3.05) is 53.2 Å². The molecule has 34 heavy (non-hydrogen) atoms. The predicted molar refractivity (Wildman–Crippen MR) is 135 cm³/mol. The Kier molecular flexibility index (Phi) is 9.74. The molecular formula is C22H25BrN2O7S2. The van der Waals surface area contributed by atoms with Crippen LogP contribution in [0.15, 0.2) is 21.5 Å². The molecule has 2 saturated heterocycles. The molecule has 0 aromatic heterocycles. The van der Waals surface area contributed by atoms with Gasteiger partial charge in [-0.3, -0.25) is 19.3 Å². The summed E-state index contributed by atoms with van der Waals surface area (Å²) in [6.45, 7) is 4.38. The molecule has 2 aliphatic heterocycles. The van der Waals surface area contributed by atoms with Crippen LogP contribution in [-0.4, -0.2) is 85.1 Å². The Morgan fingerprint density at radius 3 is 2.68 bits per heavy atom. The summed E-state index contributed by atoms with van der Waals surface area (Å²) in [7, 11) is 1.30. The van der Waals surface area contributed by atoms with Crippen LogP contribution in [0.4, 0.5) is 0 Å². The highest BCUT2D eigenvalue weighted by atomic mass is 79.9. The van der Waals surface area contributed by atoms with E-state index in [0.29, 0.717) is 63.7 Å². The van der Waals surface area contributed by atoms with Crippen molar-refractivity contribution in [3.05, 3.63) is 27.1 Å².